The van der Waals surface area contributed by atoms with Gasteiger partial charge < -0.3 is 14.7 Å². The van der Waals surface area contributed by atoms with Gasteiger partial charge in [0.1, 0.15) is 5.41 Å². The lowest BCUT2D eigenvalue weighted by molar-refractivity contribution is -0.131. The number of hydroxylamine groups is 1. The minimum absolute atomic E-state index is 0.00923. The molecule has 2 amide bonds. The minimum atomic E-state index is -3.84. The maximum absolute atomic E-state index is 12.6. The molecule has 1 unspecified atom stereocenters. The lowest BCUT2D eigenvalue weighted by Gasteiger charge is -2.34. The number of aliphatic hydroxyl groups is 1. The highest BCUT2D eigenvalue weighted by atomic mass is 32.2. The number of aliphatic hydroxyl groups excluding tert-OH is 1. The molecule has 0 bridgehead atoms. The summed E-state index contributed by atoms with van der Waals surface area (Å²) < 4.78 is 28.7. The Morgan fingerprint density at radius 2 is 2.10 bits per heavy atom. The highest BCUT2D eigenvalue weighted by Gasteiger charge is 2.44. The van der Waals surface area contributed by atoms with E-state index in [9.17, 15) is 23.1 Å². The van der Waals surface area contributed by atoms with Gasteiger partial charge in [0.15, 0.2) is 14.6 Å². The van der Waals surface area contributed by atoms with E-state index in [0.29, 0.717) is 24.5 Å². The van der Waals surface area contributed by atoms with Gasteiger partial charge >= 0.3 is 6.03 Å². The predicted octanol–water partition coefficient (Wildman–Crippen LogP) is -0.666. The van der Waals surface area contributed by atoms with Gasteiger partial charge in [0.25, 0.3) is 5.91 Å². The van der Waals surface area contributed by atoms with Gasteiger partial charge in [0, 0.05) is 30.3 Å². The third kappa shape index (κ3) is 4.31. The largest absolute Gasteiger partial charge is 0.395 e. The first-order valence-corrected chi connectivity index (χ1v) is 11.3. The standard InChI is InChI=1S/C20H23N3O7S/c1-19(17(25)21-27,31(2,28)29)7-8-22-11-16-9-15(10-23(16)18(22)26)5-3-4-6-20(12-24)13-30-14-20/h9-10,24,27H,7-8,11-14H2,1-2H3,(H,21,25). The van der Waals surface area contributed by atoms with E-state index in [2.05, 4.69) is 23.7 Å². The van der Waals surface area contributed by atoms with Crippen LogP contribution < -0.4 is 5.48 Å². The number of nitrogens with zero attached hydrogens (tertiary/aromatic N) is 2. The SMILES string of the molecule is CC(CCN1Cc2cc(C#CC#CC3(CO)COC3)cn2C1=O)(C(=O)NO)S(C)(=O)=O. The molecule has 0 saturated carbocycles. The zero-order chi connectivity index (χ0) is 22.9. The molecule has 11 heteroatoms. The number of rotatable bonds is 6. The number of ether oxygens (including phenoxy) is 1. The summed E-state index contributed by atoms with van der Waals surface area (Å²) in [7, 11) is -3.84. The Morgan fingerprint density at radius 3 is 2.61 bits per heavy atom. The second kappa shape index (κ2) is 8.36. The number of nitrogens with one attached hydrogen (secondary N) is 1. The Balaban J connectivity index is 1.66. The topological polar surface area (TPSA) is 138 Å². The molecule has 166 valence electrons. The lowest BCUT2D eigenvalue weighted by atomic mass is 9.88. The molecule has 0 aromatic carbocycles. The van der Waals surface area contributed by atoms with Crippen molar-refractivity contribution in [3.05, 3.63) is 23.5 Å². The first-order valence-electron chi connectivity index (χ1n) is 9.42. The van der Waals surface area contributed by atoms with Gasteiger partial charge in [-0.15, -0.1) is 0 Å². The molecule has 1 atom stereocenters. The zero-order valence-corrected chi connectivity index (χ0v) is 18.0. The molecule has 1 aromatic rings. The van der Waals surface area contributed by atoms with Gasteiger partial charge in [0.2, 0.25) is 0 Å². The van der Waals surface area contributed by atoms with E-state index in [1.54, 1.807) is 12.3 Å². The van der Waals surface area contributed by atoms with Gasteiger partial charge in [-0.05, 0) is 31.3 Å². The summed E-state index contributed by atoms with van der Waals surface area (Å²) in [4.78, 5) is 26.0. The summed E-state index contributed by atoms with van der Waals surface area (Å²) in [5, 5.41) is 18.2. The molecule has 31 heavy (non-hydrogen) atoms. The van der Waals surface area contributed by atoms with Gasteiger partial charge in [-0.3, -0.25) is 14.6 Å². The average molecular weight is 449 g/mol. The number of carbonyl (C=O) groups excluding carboxylic acids is 2. The van der Waals surface area contributed by atoms with Crippen LogP contribution >= 0.6 is 0 Å². The number of amides is 2. The molecule has 0 spiro atoms. The molecule has 1 fully saturated rings. The van der Waals surface area contributed by atoms with Crippen molar-refractivity contribution in [3.8, 4) is 23.7 Å². The second-order valence-electron chi connectivity index (χ2n) is 7.92. The van der Waals surface area contributed by atoms with Crippen LogP contribution in [0.25, 0.3) is 0 Å². The Morgan fingerprint density at radius 1 is 1.39 bits per heavy atom. The summed E-state index contributed by atoms with van der Waals surface area (Å²) in [5.41, 5.74) is 2.12. The molecule has 2 aliphatic rings. The lowest BCUT2D eigenvalue weighted by Crippen LogP contribution is -2.50. The van der Waals surface area contributed by atoms with Crippen LogP contribution in [-0.2, 0) is 25.9 Å². The molecule has 2 aliphatic heterocycles. The van der Waals surface area contributed by atoms with Crippen LogP contribution in [0, 0.1) is 29.1 Å². The zero-order valence-electron chi connectivity index (χ0n) is 17.1. The molecular formula is C20H23N3O7S. The maximum atomic E-state index is 12.6. The Bertz CT molecular complexity index is 1120. The number of sulfone groups is 1. The molecule has 3 heterocycles. The monoisotopic (exact) mass is 449 g/mol. The summed E-state index contributed by atoms with van der Waals surface area (Å²) in [6.07, 6.45) is 2.30. The number of carbonyl (C=O) groups is 2. The highest BCUT2D eigenvalue weighted by molar-refractivity contribution is 7.92. The molecule has 3 rings (SSSR count). The van der Waals surface area contributed by atoms with Crippen molar-refractivity contribution in [2.75, 3.05) is 32.6 Å². The summed E-state index contributed by atoms with van der Waals surface area (Å²) >= 11 is 0. The van der Waals surface area contributed by atoms with Crippen molar-refractivity contribution in [3.63, 3.8) is 0 Å². The van der Waals surface area contributed by atoms with Crippen molar-refractivity contribution < 1.29 is 33.1 Å². The van der Waals surface area contributed by atoms with E-state index >= 15 is 0 Å². The van der Waals surface area contributed by atoms with E-state index in [1.165, 1.54) is 21.9 Å². The average Bonchev–Trinajstić information content (AvgIpc) is 3.22. The number of hydrogen-bond acceptors (Lipinski definition) is 7. The fourth-order valence-corrected chi connectivity index (χ4v) is 4.06. The van der Waals surface area contributed by atoms with Crippen molar-refractivity contribution in [1.82, 2.24) is 14.9 Å². The number of aromatic nitrogens is 1. The van der Waals surface area contributed by atoms with E-state index in [-0.39, 0.29) is 32.1 Å². The van der Waals surface area contributed by atoms with Crippen molar-refractivity contribution in [1.29, 1.82) is 0 Å². The van der Waals surface area contributed by atoms with Crippen LogP contribution in [0.5, 0.6) is 0 Å². The predicted molar refractivity (Wildman–Crippen MR) is 108 cm³/mol. The fourth-order valence-electron chi connectivity index (χ4n) is 3.22. The summed E-state index contributed by atoms with van der Waals surface area (Å²) in [6.45, 7) is 2.11. The molecule has 3 N–H and O–H groups in total. The van der Waals surface area contributed by atoms with Crippen molar-refractivity contribution in [2.24, 2.45) is 5.41 Å². The smallest absolute Gasteiger partial charge is 0.328 e. The molecule has 1 saturated heterocycles. The second-order valence-corrected chi connectivity index (χ2v) is 10.4. The Kier molecular flexibility index (Phi) is 6.16. The van der Waals surface area contributed by atoms with E-state index in [4.69, 9.17) is 9.94 Å². The first kappa shape index (κ1) is 22.8. The molecular weight excluding hydrogens is 426 g/mol. The summed E-state index contributed by atoms with van der Waals surface area (Å²) in [6, 6.07) is 1.37. The van der Waals surface area contributed by atoms with Crippen LogP contribution in [-0.4, -0.2) is 77.5 Å². The van der Waals surface area contributed by atoms with Gasteiger partial charge in [-0.2, -0.15) is 0 Å². The number of fused-ring (bicyclic) bond motifs is 1. The van der Waals surface area contributed by atoms with Crippen LogP contribution in [0.3, 0.4) is 0 Å². The molecule has 0 aliphatic carbocycles. The molecule has 1 aromatic heterocycles. The van der Waals surface area contributed by atoms with Gasteiger partial charge in [-0.25, -0.2) is 18.7 Å². The van der Waals surface area contributed by atoms with Gasteiger partial charge in [0.05, 0.1) is 26.4 Å². The summed E-state index contributed by atoms with van der Waals surface area (Å²) in [5.74, 6) is 10.1. The van der Waals surface area contributed by atoms with Crippen LogP contribution in [0.2, 0.25) is 0 Å². The van der Waals surface area contributed by atoms with Crippen LogP contribution in [0.4, 0.5) is 4.79 Å². The van der Waals surface area contributed by atoms with Crippen LogP contribution in [0.1, 0.15) is 24.6 Å². The number of hydrogen-bond donors (Lipinski definition) is 3. The van der Waals surface area contributed by atoms with Crippen molar-refractivity contribution >= 4 is 21.8 Å². The molecule has 10 nitrogen and oxygen atoms in total. The third-order valence-corrected chi connectivity index (χ3v) is 7.67. The Labute approximate surface area is 180 Å². The Hall–Kier alpha value is -2.83. The normalized spacial score (nSPS) is 18.6. The maximum Gasteiger partial charge on any atom is 0.328 e. The van der Waals surface area contributed by atoms with E-state index < -0.39 is 25.9 Å². The van der Waals surface area contributed by atoms with Crippen LogP contribution in [0.15, 0.2) is 12.3 Å². The van der Waals surface area contributed by atoms with E-state index in [1.807, 2.05) is 0 Å². The fraction of sp³-hybridized carbons (Fsp3) is 0.500. The minimum Gasteiger partial charge on any atom is -0.395 e. The van der Waals surface area contributed by atoms with Crippen molar-refractivity contribution in [2.45, 2.75) is 24.6 Å². The molecule has 0 radical (unpaired) electrons. The quantitative estimate of drug-likeness (QED) is 0.298. The highest BCUT2D eigenvalue weighted by Crippen LogP contribution is 2.26. The van der Waals surface area contributed by atoms with E-state index in [0.717, 1.165) is 6.26 Å². The van der Waals surface area contributed by atoms with Gasteiger partial charge in [-0.1, -0.05) is 11.8 Å². The third-order valence-electron chi connectivity index (χ3n) is 5.64. The first-order chi connectivity index (χ1) is 14.5.